The molecule has 1 heterocycles. The SMILES string of the molecule is CC(C)C(NC(=O)C(CCC(N)=O)NC(=O)C(N)Cc1c[nH]c2ccccc12)C(=O)NC(CO)C(=O)O. The predicted molar refractivity (Wildman–Crippen MR) is 134 cm³/mol. The molecule has 0 fully saturated rings. The first-order valence-electron chi connectivity index (χ1n) is 11.8. The van der Waals surface area contributed by atoms with E-state index in [4.69, 9.17) is 16.6 Å². The molecule has 0 bridgehead atoms. The van der Waals surface area contributed by atoms with Gasteiger partial charge < -0.3 is 42.6 Å². The zero-order chi connectivity index (χ0) is 27.7. The minimum Gasteiger partial charge on any atom is -0.480 e. The number of nitrogens with one attached hydrogen (secondary N) is 4. The van der Waals surface area contributed by atoms with Crippen LogP contribution >= 0.6 is 0 Å². The van der Waals surface area contributed by atoms with E-state index in [1.165, 1.54) is 0 Å². The summed E-state index contributed by atoms with van der Waals surface area (Å²) in [5.74, 6) is -4.87. The normalized spacial score (nSPS) is 14.4. The summed E-state index contributed by atoms with van der Waals surface area (Å²) in [7, 11) is 0. The summed E-state index contributed by atoms with van der Waals surface area (Å²) >= 11 is 0. The number of aliphatic carboxylic acids is 1. The van der Waals surface area contributed by atoms with Crippen LogP contribution in [-0.4, -0.2) is 75.6 Å². The van der Waals surface area contributed by atoms with Gasteiger partial charge in [0.15, 0.2) is 0 Å². The number of benzene rings is 1. The van der Waals surface area contributed by atoms with Crippen molar-refractivity contribution in [3.63, 3.8) is 0 Å². The van der Waals surface area contributed by atoms with Crippen LogP contribution in [0.4, 0.5) is 0 Å². The number of hydrogen-bond donors (Lipinski definition) is 8. The Bertz CT molecular complexity index is 1130. The molecule has 0 radical (unpaired) electrons. The maximum atomic E-state index is 13.0. The molecule has 4 atom stereocenters. The Kier molecular flexibility index (Phi) is 10.6. The molecule has 0 spiro atoms. The van der Waals surface area contributed by atoms with Crippen molar-refractivity contribution in [3.05, 3.63) is 36.0 Å². The van der Waals surface area contributed by atoms with Crippen LogP contribution in [0, 0.1) is 5.92 Å². The molecule has 202 valence electrons. The standard InChI is InChI=1S/C24H34N6O7/c1-12(2)20(23(35)29-18(11-31)24(36)37)30-22(34)17(7-8-19(26)32)28-21(33)15(25)9-13-10-27-16-6-4-3-5-14(13)16/h3-6,10,12,15,17-18,20,27,31H,7-9,11,25H2,1-2H3,(H2,26,32)(H,28,33)(H,29,35)(H,30,34)(H,36,37). The van der Waals surface area contributed by atoms with E-state index < -0.39 is 66.3 Å². The number of fused-ring (bicyclic) bond motifs is 1. The number of carbonyl (C=O) groups is 5. The summed E-state index contributed by atoms with van der Waals surface area (Å²) in [6.07, 6.45) is 1.56. The number of carbonyl (C=O) groups excluding carboxylic acids is 4. The van der Waals surface area contributed by atoms with Gasteiger partial charge in [-0.3, -0.25) is 19.2 Å². The fraction of sp³-hybridized carbons (Fsp3) is 0.458. The van der Waals surface area contributed by atoms with Gasteiger partial charge in [0.05, 0.1) is 12.6 Å². The van der Waals surface area contributed by atoms with Crippen molar-refractivity contribution < 1.29 is 34.2 Å². The van der Waals surface area contributed by atoms with Gasteiger partial charge in [0.1, 0.15) is 18.1 Å². The molecule has 1 aromatic heterocycles. The monoisotopic (exact) mass is 518 g/mol. The van der Waals surface area contributed by atoms with Crippen molar-refractivity contribution in [2.24, 2.45) is 17.4 Å². The molecule has 0 aliphatic carbocycles. The van der Waals surface area contributed by atoms with Gasteiger partial charge in [-0.1, -0.05) is 32.0 Å². The molecule has 0 saturated heterocycles. The fourth-order valence-electron chi connectivity index (χ4n) is 3.70. The lowest BCUT2D eigenvalue weighted by atomic mass is 10.0. The van der Waals surface area contributed by atoms with Crippen LogP contribution in [0.3, 0.4) is 0 Å². The van der Waals surface area contributed by atoms with Crippen LogP contribution in [-0.2, 0) is 30.4 Å². The Morgan fingerprint density at radius 3 is 2.22 bits per heavy atom. The zero-order valence-corrected chi connectivity index (χ0v) is 20.7. The Morgan fingerprint density at radius 2 is 1.62 bits per heavy atom. The van der Waals surface area contributed by atoms with Gasteiger partial charge in [0.2, 0.25) is 23.6 Å². The van der Waals surface area contributed by atoms with Gasteiger partial charge in [0, 0.05) is 23.5 Å². The second kappa shape index (κ2) is 13.4. The topological polar surface area (TPSA) is 230 Å². The van der Waals surface area contributed by atoms with Crippen molar-refractivity contribution in [1.82, 2.24) is 20.9 Å². The molecule has 0 saturated carbocycles. The third-order valence-corrected chi connectivity index (χ3v) is 5.81. The third kappa shape index (κ3) is 8.29. The first kappa shape index (κ1) is 29.3. The summed E-state index contributed by atoms with van der Waals surface area (Å²) in [6, 6.07) is 2.49. The number of aromatic nitrogens is 1. The highest BCUT2D eigenvalue weighted by Gasteiger charge is 2.32. The third-order valence-electron chi connectivity index (χ3n) is 5.81. The van der Waals surface area contributed by atoms with E-state index in [9.17, 15) is 29.1 Å². The average molecular weight is 519 g/mol. The molecule has 13 nitrogen and oxygen atoms in total. The Labute approximate surface area is 213 Å². The lowest BCUT2D eigenvalue weighted by molar-refractivity contribution is -0.143. The van der Waals surface area contributed by atoms with Gasteiger partial charge in [0.25, 0.3) is 0 Å². The second-order valence-corrected chi connectivity index (χ2v) is 9.05. The van der Waals surface area contributed by atoms with Crippen LogP contribution in [0.25, 0.3) is 10.9 Å². The smallest absolute Gasteiger partial charge is 0.328 e. The van der Waals surface area contributed by atoms with Crippen molar-refractivity contribution in [2.45, 2.75) is 57.3 Å². The number of aliphatic hydroxyl groups excluding tert-OH is 1. The summed E-state index contributed by atoms with van der Waals surface area (Å²) < 4.78 is 0. The predicted octanol–water partition coefficient (Wildman–Crippen LogP) is -1.51. The van der Waals surface area contributed by atoms with Crippen LogP contribution in [0.2, 0.25) is 0 Å². The van der Waals surface area contributed by atoms with Gasteiger partial charge in [-0.25, -0.2) is 4.79 Å². The molecular weight excluding hydrogens is 484 g/mol. The van der Waals surface area contributed by atoms with E-state index in [-0.39, 0.29) is 19.3 Å². The number of carboxylic acid groups (broad SMARTS) is 1. The molecule has 0 aliphatic heterocycles. The van der Waals surface area contributed by atoms with Gasteiger partial charge >= 0.3 is 5.97 Å². The molecule has 10 N–H and O–H groups in total. The summed E-state index contributed by atoms with van der Waals surface area (Å²) in [5.41, 5.74) is 13.0. The highest BCUT2D eigenvalue weighted by atomic mass is 16.4. The number of carboxylic acids is 1. The van der Waals surface area contributed by atoms with Crippen LogP contribution in [0.15, 0.2) is 30.5 Å². The molecule has 0 aliphatic rings. The van der Waals surface area contributed by atoms with Gasteiger partial charge in [-0.15, -0.1) is 0 Å². The number of aliphatic hydroxyl groups is 1. The Hall–Kier alpha value is -3.97. The van der Waals surface area contributed by atoms with Crippen LogP contribution < -0.4 is 27.4 Å². The number of H-pyrrole nitrogens is 1. The summed E-state index contributed by atoms with van der Waals surface area (Å²) in [4.78, 5) is 64.1. The first-order valence-corrected chi connectivity index (χ1v) is 11.8. The van der Waals surface area contributed by atoms with Gasteiger partial charge in [-0.2, -0.15) is 0 Å². The van der Waals surface area contributed by atoms with Crippen LogP contribution in [0.5, 0.6) is 0 Å². The number of para-hydroxylation sites is 1. The largest absolute Gasteiger partial charge is 0.480 e. The van der Waals surface area contributed by atoms with E-state index in [0.29, 0.717) is 0 Å². The van der Waals surface area contributed by atoms with E-state index in [1.807, 2.05) is 24.3 Å². The fourth-order valence-corrected chi connectivity index (χ4v) is 3.70. The summed E-state index contributed by atoms with van der Waals surface area (Å²) in [5, 5.41) is 26.3. The number of rotatable bonds is 14. The maximum Gasteiger partial charge on any atom is 0.328 e. The number of primary amides is 1. The Balaban J connectivity index is 2.12. The molecule has 2 aromatic rings. The Morgan fingerprint density at radius 1 is 0.973 bits per heavy atom. The molecule has 1 aromatic carbocycles. The van der Waals surface area contributed by atoms with E-state index in [2.05, 4.69) is 20.9 Å². The van der Waals surface area contributed by atoms with Crippen molar-refractivity contribution in [3.8, 4) is 0 Å². The molecule has 2 rings (SSSR count). The molecule has 13 heteroatoms. The second-order valence-electron chi connectivity index (χ2n) is 9.05. The molecular formula is C24H34N6O7. The molecule has 4 unspecified atom stereocenters. The van der Waals surface area contributed by atoms with Crippen LogP contribution in [0.1, 0.15) is 32.3 Å². The van der Waals surface area contributed by atoms with Gasteiger partial charge in [-0.05, 0) is 30.4 Å². The number of aromatic amines is 1. The van der Waals surface area contributed by atoms with Crippen molar-refractivity contribution in [1.29, 1.82) is 0 Å². The van der Waals surface area contributed by atoms with E-state index in [1.54, 1.807) is 20.0 Å². The number of amides is 4. The first-order chi connectivity index (χ1) is 17.4. The van der Waals surface area contributed by atoms with E-state index >= 15 is 0 Å². The molecule has 4 amide bonds. The van der Waals surface area contributed by atoms with E-state index in [0.717, 1.165) is 16.5 Å². The maximum absolute atomic E-state index is 13.0. The molecule has 37 heavy (non-hydrogen) atoms. The average Bonchev–Trinajstić information content (AvgIpc) is 3.25. The zero-order valence-electron chi connectivity index (χ0n) is 20.7. The number of hydrogen-bond acceptors (Lipinski definition) is 7. The highest BCUT2D eigenvalue weighted by molar-refractivity contribution is 5.94. The highest BCUT2D eigenvalue weighted by Crippen LogP contribution is 2.19. The lowest BCUT2D eigenvalue weighted by Gasteiger charge is -2.26. The minimum atomic E-state index is -1.56. The minimum absolute atomic E-state index is 0.145. The van der Waals surface area contributed by atoms with Crippen molar-refractivity contribution in [2.75, 3.05) is 6.61 Å². The quantitative estimate of drug-likeness (QED) is 0.146. The van der Waals surface area contributed by atoms with Crippen molar-refractivity contribution >= 4 is 40.5 Å². The summed E-state index contributed by atoms with van der Waals surface area (Å²) in [6.45, 7) is 2.39. The number of nitrogens with two attached hydrogens (primary N) is 2. The lowest BCUT2D eigenvalue weighted by Crippen LogP contribution is -2.59.